The second-order valence-electron chi connectivity index (χ2n) is 5.65. The molecule has 1 saturated heterocycles. The molecule has 0 aromatic heterocycles. The Balaban J connectivity index is 1.85. The normalized spacial score (nSPS) is 18.9. The second kappa shape index (κ2) is 7.33. The number of aliphatic hydroxyl groups is 1. The summed E-state index contributed by atoms with van der Waals surface area (Å²) in [6, 6.07) is 4.37. The number of likely N-dealkylation sites (tertiary alicyclic amines) is 1. The van der Waals surface area contributed by atoms with Crippen LogP contribution in [0.4, 0.5) is 11.4 Å². The third-order valence-corrected chi connectivity index (χ3v) is 3.83. The number of benzene rings is 1. The second-order valence-corrected chi connectivity index (χ2v) is 5.65. The molecule has 1 amide bonds. The number of β-amino-alcohol motifs (C(OH)–C–C–N with tert-alkyl or cyclic N) is 1. The average Bonchev–Trinajstić information content (AvgIpc) is 2.47. The first-order valence-corrected chi connectivity index (χ1v) is 7.41. The van der Waals surface area contributed by atoms with Crippen molar-refractivity contribution in [3.05, 3.63) is 33.9 Å². The number of carbonyl (C=O) groups excluding carboxylic acids is 1. The van der Waals surface area contributed by atoms with Gasteiger partial charge in [-0.1, -0.05) is 0 Å². The highest BCUT2D eigenvalue weighted by molar-refractivity contribution is 5.91. The highest BCUT2D eigenvalue weighted by atomic mass is 16.6. The maximum absolute atomic E-state index is 12.0. The number of non-ortho nitro benzene ring substituents is 1. The Kier molecular flexibility index (Phi) is 5.46. The van der Waals surface area contributed by atoms with Gasteiger partial charge in [-0.15, -0.1) is 0 Å². The van der Waals surface area contributed by atoms with Crippen LogP contribution in [0.25, 0.3) is 0 Å². The largest absolute Gasteiger partial charge is 0.392 e. The molecule has 1 aromatic carbocycles. The predicted octanol–water partition coefficient (Wildman–Crippen LogP) is 1.69. The van der Waals surface area contributed by atoms with Crippen molar-refractivity contribution in [3.63, 3.8) is 0 Å². The van der Waals surface area contributed by atoms with E-state index < -0.39 is 4.92 Å². The summed E-state index contributed by atoms with van der Waals surface area (Å²) in [6.45, 7) is 3.85. The fourth-order valence-electron chi connectivity index (χ4n) is 2.61. The number of nitrogens with zero attached hydrogens (tertiary/aromatic N) is 2. The predicted molar refractivity (Wildman–Crippen MR) is 82.8 cm³/mol. The van der Waals surface area contributed by atoms with Gasteiger partial charge < -0.3 is 15.3 Å². The quantitative estimate of drug-likeness (QED) is 0.637. The van der Waals surface area contributed by atoms with Crippen molar-refractivity contribution in [1.29, 1.82) is 0 Å². The van der Waals surface area contributed by atoms with E-state index in [9.17, 15) is 20.0 Å². The number of nitro benzene ring substituents is 1. The third kappa shape index (κ3) is 4.51. The molecule has 7 nitrogen and oxygen atoms in total. The number of nitro groups is 1. The highest BCUT2D eigenvalue weighted by Gasteiger charge is 2.18. The molecule has 1 unspecified atom stereocenters. The lowest BCUT2D eigenvalue weighted by Gasteiger charge is -2.29. The van der Waals surface area contributed by atoms with Gasteiger partial charge in [0.1, 0.15) is 0 Å². The SMILES string of the molecule is Cc1cc([N+](=O)[O-])ccc1NC(=O)CCN1CCCC(O)C1. The van der Waals surface area contributed by atoms with Crippen LogP contribution in [0, 0.1) is 17.0 Å². The number of rotatable bonds is 5. The van der Waals surface area contributed by atoms with Crippen molar-refractivity contribution in [1.82, 2.24) is 4.90 Å². The van der Waals surface area contributed by atoms with Crippen LogP contribution < -0.4 is 5.32 Å². The molecule has 1 fully saturated rings. The van der Waals surface area contributed by atoms with E-state index in [0.29, 0.717) is 30.8 Å². The number of hydrogen-bond acceptors (Lipinski definition) is 5. The number of amides is 1. The number of piperidine rings is 1. The van der Waals surface area contributed by atoms with E-state index in [1.807, 2.05) is 0 Å². The third-order valence-electron chi connectivity index (χ3n) is 3.83. The monoisotopic (exact) mass is 307 g/mol. The number of aryl methyl sites for hydroxylation is 1. The molecule has 2 N–H and O–H groups in total. The van der Waals surface area contributed by atoms with E-state index >= 15 is 0 Å². The summed E-state index contributed by atoms with van der Waals surface area (Å²) in [5.74, 6) is -0.128. The van der Waals surface area contributed by atoms with Gasteiger partial charge in [0.2, 0.25) is 5.91 Å². The Morgan fingerprint density at radius 3 is 2.95 bits per heavy atom. The molecule has 0 bridgehead atoms. The van der Waals surface area contributed by atoms with Crippen LogP contribution in [0.15, 0.2) is 18.2 Å². The first kappa shape index (κ1) is 16.4. The zero-order valence-electron chi connectivity index (χ0n) is 12.6. The van der Waals surface area contributed by atoms with Gasteiger partial charge in [0.05, 0.1) is 11.0 Å². The lowest BCUT2D eigenvalue weighted by molar-refractivity contribution is -0.384. The minimum Gasteiger partial charge on any atom is -0.392 e. The van der Waals surface area contributed by atoms with Crippen molar-refractivity contribution in [2.75, 3.05) is 25.0 Å². The molecule has 120 valence electrons. The van der Waals surface area contributed by atoms with Crippen LogP contribution in [0.1, 0.15) is 24.8 Å². The molecule has 1 aliphatic rings. The molecule has 22 heavy (non-hydrogen) atoms. The van der Waals surface area contributed by atoms with Crippen LogP contribution in [0.2, 0.25) is 0 Å². The summed E-state index contributed by atoms with van der Waals surface area (Å²) in [4.78, 5) is 24.3. The Bertz CT molecular complexity index is 562. The van der Waals surface area contributed by atoms with Crippen molar-refractivity contribution in [2.45, 2.75) is 32.3 Å². The van der Waals surface area contributed by atoms with Crippen LogP contribution in [0.3, 0.4) is 0 Å². The average molecular weight is 307 g/mol. The molecular weight excluding hydrogens is 286 g/mol. The van der Waals surface area contributed by atoms with E-state index in [2.05, 4.69) is 10.2 Å². The van der Waals surface area contributed by atoms with Gasteiger partial charge in [0, 0.05) is 37.3 Å². The van der Waals surface area contributed by atoms with Gasteiger partial charge in [-0.25, -0.2) is 0 Å². The molecule has 1 atom stereocenters. The number of aliphatic hydroxyl groups excluding tert-OH is 1. The topological polar surface area (TPSA) is 95.7 Å². The van der Waals surface area contributed by atoms with E-state index in [1.54, 1.807) is 13.0 Å². The molecule has 1 aliphatic heterocycles. The number of nitrogens with one attached hydrogen (secondary N) is 1. The van der Waals surface area contributed by atoms with Crippen molar-refractivity contribution < 1.29 is 14.8 Å². The standard InChI is InChI=1S/C15H21N3O4/c1-11-9-12(18(21)22)4-5-14(11)16-15(20)6-8-17-7-2-3-13(19)10-17/h4-5,9,13,19H,2-3,6-8,10H2,1H3,(H,16,20). The maximum Gasteiger partial charge on any atom is 0.269 e. The highest BCUT2D eigenvalue weighted by Crippen LogP contribution is 2.21. The smallest absolute Gasteiger partial charge is 0.269 e. The molecule has 7 heteroatoms. The molecule has 0 spiro atoms. The van der Waals surface area contributed by atoms with Gasteiger partial charge in [0.15, 0.2) is 0 Å². The van der Waals surface area contributed by atoms with E-state index in [-0.39, 0.29) is 17.7 Å². The molecular formula is C15H21N3O4. The molecule has 0 aliphatic carbocycles. The zero-order valence-corrected chi connectivity index (χ0v) is 12.6. The van der Waals surface area contributed by atoms with Crippen LogP contribution in [-0.4, -0.2) is 46.6 Å². The van der Waals surface area contributed by atoms with Crippen LogP contribution >= 0.6 is 0 Å². The first-order valence-electron chi connectivity index (χ1n) is 7.41. The summed E-state index contributed by atoms with van der Waals surface area (Å²) in [6.07, 6.45) is 1.81. The van der Waals surface area contributed by atoms with Crippen molar-refractivity contribution >= 4 is 17.3 Å². The number of hydrogen-bond donors (Lipinski definition) is 2. The Morgan fingerprint density at radius 2 is 2.32 bits per heavy atom. The van der Waals surface area contributed by atoms with Gasteiger partial charge in [-0.3, -0.25) is 14.9 Å². The fraction of sp³-hybridized carbons (Fsp3) is 0.533. The summed E-state index contributed by atoms with van der Waals surface area (Å²) in [5.41, 5.74) is 1.27. The molecule has 0 saturated carbocycles. The van der Waals surface area contributed by atoms with E-state index in [4.69, 9.17) is 0 Å². The Morgan fingerprint density at radius 1 is 1.55 bits per heavy atom. The molecule has 1 aromatic rings. The Labute approximate surface area is 129 Å². The minimum absolute atomic E-state index is 0.0119. The summed E-state index contributed by atoms with van der Waals surface area (Å²) in [5, 5.41) is 23.0. The first-order chi connectivity index (χ1) is 10.5. The fourth-order valence-corrected chi connectivity index (χ4v) is 2.61. The summed E-state index contributed by atoms with van der Waals surface area (Å²) >= 11 is 0. The van der Waals surface area contributed by atoms with E-state index in [1.165, 1.54) is 12.1 Å². The summed E-state index contributed by atoms with van der Waals surface area (Å²) in [7, 11) is 0. The summed E-state index contributed by atoms with van der Waals surface area (Å²) < 4.78 is 0. The molecule has 1 heterocycles. The van der Waals surface area contributed by atoms with Gasteiger partial charge in [0.25, 0.3) is 5.69 Å². The maximum atomic E-state index is 12.0. The van der Waals surface area contributed by atoms with Crippen molar-refractivity contribution in [3.8, 4) is 0 Å². The molecule has 2 rings (SSSR count). The van der Waals surface area contributed by atoms with Crippen LogP contribution in [-0.2, 0) is 4.79 Å². The van der Waals surface area contributed by atoms with E-state index in [0.717, 1.165) is 19.4 Å². The molecule has 0 radical (unpaired) electrons. The van der Waals surface area contributed by atoms with Crippen molar-refractivity contribution in [2.24, 2.45) is 0 Å². The van der Waals surface area contributed by atoms with Gasteiger partial charge in [-0.05, 0) is 37.9 Å². The lowest BCUT2D eigenvalue weighted by Crippen LogP contribution is -2.39. The zero-order chi connectivity index (χ0) is 16.1. The van der Waals surface area contributed by atoms with Gasteiger partial charge in [-0.2, -0.15) is 0 Å². The van der Waals surface area contributed by atoms with Gasteiger partial charge >= 0.3 is 0 Å². The number of carbonyl (C=O) groups is 1. The minimum atomic E-state index is -0.458. The number of anilines is 1. The lowest BCUT2D eigenvalue weighted by atomic mass is 10.1. The van der Waals surface area contributed by atoms with Crippen LogP contribution in [0.5, 0.6) is 0 Å². The Hall–Kier alpha value is -1.99.